The van der Waals surface area contributed by atoms with Crippen LogP contribution < -0.4 is 11.0 Å². The van der Waals surface area contributed by atoms with E-state index >= 15 is 0 Å². The van der Waals surface area contributed by atoms with Crippen LogP contribution in [-0.4, -0.2) is 9.66 Å². The lowest BCUT2D eigenvalue weighted by Crippen LogP contribution is -2.31. The Morgan fingerprint density at radius 3 is 2.43 bits per heavy atom. The second kappa shape index (κ2) is 7.62. The number of hydrogen-bond acceptors (Lipinski definition) is 3. The highest BCUT2D eigenvalue weighted by Gasteiger charge is 2.30. The van der Waals surface area contributed by atoms with Crippen molar-refractivity contribution in [2.45, 2.75) is 12.7 Å². The van der Waals surface area contributed by atoms with Crippen molar-refractivity contribution in [1.29, 1.82) is 0 Å². The summed E-state index contributed by atoms with van der Waals surface area (Å²) >= 11 is 0. The van der Waals surface area contributed by atoms with Crippen LogP contribution >= 0.6 is 0 Å². The summed E-state index contributed by atoms with van der Waals surface area (Å²) in [5.74, 6) is -0.543. The van der Waals surface area contributed by atoms with Crippen LogP contribution in [0.2, 0.25) is 0 Å². The maximum atomic E-state index is 14.4. The quantitative estimate of drug-likeness (QED) is 0.481. The molecule has 4 rings (SSSR count). The summed E-state index contributed by atoms with van der Waals surface area (Å²) < 4.78 is 54.4. The molecule has 4 nitrogen and oxygen atoms in total. The Labute approximate surface area is 168 Å². The van der Waals surface area contributed by atoms with Gasteiger partial charge in [0.15, 0.2) is 5.82 Å². The van der Waals surface area contributed by atoms with E-state index in [4.69, 9.17) is 0 Å². The van der Waals surface area contributed by atoms with E-state index in [1.807, 2.05) is 0 Å². The molecule has 0 saturated carbocycles. The number of nitrogens with one attached hydrogen (secondary N) is 1. The standard InChI is InChI=1S/C22H15F4N3O/c23-18-10-3-1-8-16(18)20-28-19-11-4-2-9-17(19)21(30)29(20)27-13-14-6-5-7-15(12-14)22(24,25)26/h1-12,27H,13H2. The predicted octanol–water partition coefficient (Wildman–Crippen LogP) is 4.97. The zero-order chi connectivity index (χ0) is 21.3. The van der Waals surface area contributed by atoms with Crippen LogP contribution in [0, 0.1) is 5.82 Å². The molecule has 0 spiro atoms. The molecule has 0 atom stereocenters. The van der Waals surface area contributed by atoms with Gasteiger partial charge in [-0.1, -0.05) is 36.4 Å². The summed E-state index contributed by atoms with van der Waals surface area (Å²) in [4.78, 5) is 17.5. The number of para-hydroxylation sites is 1. The Morgan fingerprint density at radius 1 is 0.933 bits per heavy atom. The van der Waals surface area contributed by atoms with Crippen molar-refractivity contribution in [3.05, 3.63) is 100 Å². The monoisotopic (exact) mass is 413 g/mol. The highest BCUT2D eigenvalue weighted by atomic mass is 19.4. The summed E-state index contributed by atoms with van der Waals surface area (Å²) in [6.07, 6.45) is -4.48. The van der Waals surface area contributed by atoms with Crippen molar-refractivity contribution < 1.29 is 17.6 Å². The number of halogens is 4. The van der Waals surface area contributed by atoms with Gasteiger partial charge in [-0.15, -0.1) is 0 Å². The Balaban J connectivity index is 1.80. The normalized spacial score (nSPS) is 11.6. The molecule has 0 amide bonds. The van der Waals surface area contributed by atoms with Crippen LogP contribution in [0.5, 0.6) is 0 Å². The first-order valence-electron chi connectivity index (χ1n) is 9.01. The molecule has 0 aliphatic carbocycles. The lowest BCUT2D eigenvalue weighted by Gasteiger charge is -2.16. The smallest absolute Gasteiger partial charge is 0.317 e. The fraction of sp³-hybridized carbons (Fsp3) is 0.0909. The minimum atomic E-state index is -4.48. The number of alkyl halides is 3. The van der Waals surface area contributed by atoms with E-state index < -0.39 is 23.1 Å². The van der Waals surface area contributed by atoms with Gasteiger partial charge in [-0.2, -0.15) is 13.2 Å². The molecule has 1 aromatic heterocycles. The van der Waals surface area contributed by atoms with Crippen LogP contribution in [0.15, 0.2) is 77.6 Å². The van der Waals surface area contributed by atoms with Crippen LogP contribution in [0.3, 0.4) is 0 Å². The van der Waals surface area contributed by atoms with Crippen molar-refractivity contribution in [2.24, 2.45) is 0 Å². The lowest BCUT2D eigenvalue weighted by atomic mass is 10.1. The molecule has 1 N–H and O–H groups in total. The lowest BCUT2D eigenvalue weighted by molar-refractivity contribution is -0.137. The zero-order valence-electron chi connectivity index (χ0n) is 15.4. The molecule has 0 aliphatic rings. The van der Waals surface area contributed by atoms with E-state index in [0.29, 0.717) is 16.5 Å². The van der Waals surface area contributed by atoms with Crippen LogP contribution in [0.25, 0.3) is 22.3 Å². The van der Waals surface area contributed by atoms with Gasteiger partial charge in [0.2, 0.25) is 0 Å². The van der Waals surface area contributed by atoms with Crippen molar-refractivity contribution in [3.63, 3.8) is 0 Å². The van der Waals surface area contributed by atoms with E-state index in [2.05, 4.69) is 10.4 Å². The summed E-state index contributed by atoms with van der Waals surface area (Å²) in [5.41, 5.74) is 2.32. The number of hydrogen-bond donors (Lipinski definition) is 1. The first-order valence-corrected chi connectivity index (χ1v) is 9.01. The number of benzene rings is 3. The van der Waals surface area contributed by atoms with Crippen molar-refractivity contribution in [1.82, 2.24) is 9.66 Å². The average molecular weight is 413 g/mol. The van der Waals surface area contributed by atoms with Gasteiger partial charge >= 0.3 is 6.18 Å². The van der Waals surface area contributed by atoms with Crippen LogP contribution in [0.4, 0.5) is 17.6 Å². The third kappa shape index (κ3) is 3.76. The molecular weight excluding hydrogens is 398 g/mol. The molecule has 0 unspecified atom stereocenters. The Hall–Kier alpha value is -3.68. The van der Waals surface area contributed by atoms with E-state index in [1.54, 1.807) is 30.3 Å². The molecular formula is C22H15F4N3O. The van der Waals surface area contributed by atoms with Crippen LogP contribution in [0.1, 0.15) is 11.1 Å². The van der Waals surface area contributed by atoms with Crippen molar-refractivity contribution in [2.75, 3.05) is 5.43 Å². The average Bonchev–Trinajstić information content (AvgIpc) is 2.73. The van der Waals surface area contributed by atoms with Gasteiger partial charge in [0, 0.05) is 0 Å². The third-order valence-corrected chi connectivity index (χ3v) is 4.59. The van der Waals surface area contributed by atoms with E-state index in [1.165, 1.54) is 30.3 Å². The molecule has 3 aromatic carbocycles. The topological polar surface area (TPSA) is 46.9 Å². The number of aromatic nitrogens is 2. The molecule has 0 bridgehead atoms. The maximum absolute atomic E-state index is 14.4. The minimum absolute atomic E-state index is 0.0313. The van der Waals surface area contributed by atoms with Gasteiger partial charge in [0.1, 0.15) is 5.82 Å². The molecule has 0 radical (unpaired) electrons. The summed E-state index contributed by atoms with van der Waals surface area (Å²) in [5, 5.41) is 0.300. The van der Waals surface area contributed by atoms with E-state index in [9.17, 15) is 22.4 Å². The molecule has 1 heterocycles. The fourth-order valence-electron chi connectivity index (χ4n) is 3.13. The van der Waals surface area contributed by atoms with Crippen molar-refractivity contribution in [3.8, 4) is 11.4 Å². The molecule has 8 heteroatoms. The summed E-state index contributed by atoms with van der Waals surface area (Å²) in [7, 11) is 0. The molecule has 0 aliphatic heterocycles. The molecule has 4 aromatic rings. The maximum Gasteiger partial charge on any atom is 0.416 e. The first-order chi connectivity index (χ1) is 14.3. The molecule has 152 valence electrons. The van der Waals surface area contributed by atoms with Gasteiger partial charge < -0.3 is 5.43 Å². The summed E-state index contributed by atoms with van der Waals surface area (Å²) in [6, 6.07) is 17.2. The highest BCUT2D eigenvalue weighted by Crippen LogP contribution is 2.29. The van der Waals surface area contributed by atoms with Crippen molar-refractivity contribution >= 4 is 10.9 Å². The van der Waals surface area contributed by atoms with Gasteiger partial charge in [-0.05, 0) is 42.0 Å². The largest absolute Gasteiger partial charge is 0.416 e. The van der Waals surface area contributed by atoms with Gasteiger partial charge in [-0.3, -0.25) is 4.79 Å². The Bertz CT molecular complexity index is 1280. The number of rotatable bonds is 4. The molecule has 0 fully saturated rings. The van der Waals surface area contributed by atoms with Gasteiger partial charge in [0.05, 0.1) is 28.6 Å². The molecule has 0 saturated heterocycles. The number of fused-ring (bicyclic) bond motifs is 1. The van der Waals surface area contributed by atoms with E-state index in [-0.39, 0.29) is 17.9 Å². The first kappa shape index (κ1) is 19.6. The SMILES string of the molecule is O=c1c2ccccc2nc(-c2ccccc2F)n1NCc1cccc(C(F)(F)F)c1. The third-order valence-electron chi connectivity index (χ3n) is 4.59. The van der Waals surface area contributed by atoms with Gasteiger partial charge in [-0.25, -0.2) is 14.1 Å². The summed E-state index contributed by atoms with van der Waals surface area (Å²) in [6.45, 7) is -0.0920. The van der Waals surface area contributed by atoms with Crippen LogP contribution in [-0.2, 0) is 12.7 Å². The zero-order valence-corrected chi connectivity index (χ0v) is 15.4. The second-order valence-electron chi connectivity index (χ2n) is 6.61. The highest BCUT2D eigenvalue weighted by molar-refractivity contribution is 5.79. The molecule has 30 heavy (non-hydrogen) atoms. The predicted molar refractivity (Wildman–Crippen MR) is 106 cm³/mol. The second-order valence-corrected chi connectivity index (χ2v) is 6.61. The van der Waals surface area contributed by atoms with E-state index in [0.717, 1.165) is 16.8 Å². The van der Waals surface area contributed by atoms with Gasteiger partial charge in [0.25, 0.3) is 5.56 Å². The fourth-order valence-corrected chi connectivity index (χ4v) is 3.13. The minimum Gasteiger partial charge on any atom is -0.317 e. The Kier molecular flexibility index (Phi) is 4.99. The Morgan fingerprint density at radius 2 is 1.67 bits per heavy atom. The number of nitrogens with zero attached hydrogens (tertiary/aromatic N) is 2.